The summed E-state index contributed by atoms with van der Waals surface area (Å²) >= 11 is 1.41. The number of nitro groups is 1. The molecule has 0 aliphatic rings. The second-order valence-corrected chi connectivity index (χ2v) is 3.89. The molecular formula is C8H7N5O2S. The van der Waals surface area contributed by atoms with Gasteiger partial charge in [0.05, 0.1) is 9.93 Å². The van der Waals surface area contributed by atoms with Crippen molar-refractivity contribution >= 4 is 22.8 Å². The fraction of sp³-hybridized carbons (Fsp3) is 0.125. The highest BCUT2D eigenvalue weighted by Crippen LogP contribution is 2.24. The fourth-order valence-corrected chi connectivity index (χ4v) is 1.86. The van der Waals surface area contributed by atoms with Gasteiger partial charge >= 0.3 is 5.69 Å². The molecule has 2 heterocycles. The SMILES string of the molecule is Nc1ncnc(Cc2nccs2)c1[N+](=O)[O-]. The quantitative estimate of drug-likeness (QED) is 0.630. The standard InChI is InChI=1S/C8H7N5O2S/c9-8-7(13(14)15)5(11-4-12-8)3-6-10-1-2-16-6/h1-2,4H,3H2,(H2,9,11,12). The Morgan fingerprint density at radius 2 is 2.25 bits per heavy atom. The summed E-state index contributed by atoms with van der Waals surface area (Å²) < 4.78 is 0. The molecule has 82 valence electrons. The number of nitrogen functional groups attached to an aromatic ring is 1. The molecule has 2 rings (SSSR count). The molecule has 16 heavy (non-hydrogen) atoms. The monoisotopic (exact) mass is 237 g/mol. The maximum absolute atomic E-state index is 10.8. The summed E-state index contributed by atoms with van der Waals surface area (Å²) in [5.74, 6) is -0.119. The highest BCUT2D eigenvalue weighted by Gasteiger charge is 2.21. The highest BCUT2D eigenvalue weighted by atomic mass is 32.1. The van der Waals surface area contributed by atoms with Gasteiger partial charge in [0.15, 0.2) is 0 Å². The molecule has 0 aliphatic carbocycles. The summed E-state index contributed by atoms with van der Waals surface area (Å²) in [7, 11) is 0. The van der Waals surface area contributed by atoms with E-state index in [0.717, 1.165) is 5.01 Å². The Kier molecular flexibility index (Phi) is 2.73. The predicted molar refractivity (Wildman–Crippen MR) is 58.0 cm³/mol. The van der Waals surface area contributed by atoms with Crippen LogP contribution in [-0.4, -0.2) is 19.9 Å². The van der Waals surface area contributed by atoms with Gasteiger partial charge in [-0.1, -0.05) is 0 Å². The van der Waals surface area contributed by atoms with Gasteiger partial charge in [-0.15, -0.1) is 11.3 Å². The van der Waals surface area contributed by atoms with E-state index in [1.54, 1.807) is 11.6 Å². The van der Waals surface area contributed by atoms with E-state index in [9.17, 15) is 10.1 Å². The smallest absolute Gasteiger partial charge is 0.332 e. The highest BCUT2D eigenvalue weighted by molar-refractivity contribution is 7.09. The minimum absolute atomic E-state index is 0.119. The maximum Gasteiger partial charge on any atom is 0.332 e. The van der Waals surface area contributed by atoms with Crippen molar-refractivity contribution in [1.82, 2.24) is 15.0 Å². The number of hydrogen-bond donors (Lipinski definition) is 1. The number of hydrogen-bond acceptors (Lipinski definition) is 7. The van der Waals surface area contributed by atoms with Gasteiger partial charge < -0.3 is 5.73 Å². The van der Waals surface area contributed by atoms with E-state index in [2.05, 4.69) is 15.0 Å². The molecule has 0 aliphatic heterocycles. The van der Waals surface area contributed by atoms with Crippen molar-refractivity contribution in [2.24, 2.45) is 0 Å². The van der Waals surface area contributed by atoms with Gasteiger partial charge in [0.25, 0.3) is 0 Å². The molecule has 0 bridgehead atoms. The van der Waals surface area contributed by atoms with Crippen LogP contribution in [0.1, 0.15) is 10.7 Å². The van der Waals surface area contributed by atoms with E-state index < -0.39 is 4.92 Å². The largest absolute Gasteiger partial charge is 0.378 e. The summed E-state index contributed by atoms with van der Waals surface area (Å²) in [6.07, 6.45) is 3.14. The summed E-state index contributed by atoms with van der Waals surface area (Å²) in [5, 5.41) is 13.3. The van der Waals surface area contributed by atoms with Crippen LogP contribution in [0.4, 0.5) is 11.5 Å². The van der Waals surface area contributed by atoms with E-state index in [1.165, 1.54) is 17.7 Å². The zero-order valence-corrected chi connectivity index (χ0v) is 8.85. The van der Waals surface area contributed by atoms with Crippen LogP contribution in [0.2, 0.25) is 0 Å². The third-order valence-electron chi connectivity index (χ3n) is 1.91. The van der Waals surface area contributed by atoms with Gasteiger partial charge in [-0.3, -0.25) is 10.1 Å². The van der Waals surface area contributed by atoms with E-state index in [0.29, 0.717) is 6.42 Å². The van der Waals surface area contributed by atoms with Crippen LogP contribution in [0.3, 0.4) is 0 Å². The lowest BCUT2D eigenvalue weighted by atomic mass is 10.2. The van der Waals surface area contributed by atoms with Crippen LogP contribution in [-0.2, 0) is 6.42 Å². The lowest BCUT2D eigenvalue weighted by Crippen LogP contribution is -2.05. The molecule has 2 aromatic heterocycles. The topological polar surface area (TPSA) is 108 Å². The number of nitrogens with two attached hydrogens (primary N) is 1. The van der Waals surface area contributed by atoms with Crippen molar-refractivity contribution in [3.8, 4) is 0 Å². The van der Waals surface area contributed by atoms with E-state index in [1.807, 2.05) is 0 Å². The van der Waals surface area contributed by atoms with Crippen LogP contribution in [0.15, 0.2) is 17.9 Å². The Balaban J connectivity index is 2.40. The molecule has 0 unspecified atom stereocenters. The summed E-state index contributed by atoms with van der Waals surface area (Å²) in [6.45, 7) is 0. The molecule has 0 saturated carbocycles. The van der Waals surface area contributed by atoms with Gasteiger partial charge in [-0.2, -0.15) is 0 Å². The van der Waals surface area contributed by atoms with E-state index in [-0.39, 0.29) is 17.2 Å². The molecule has 0 spiro atoms. The van der Waals surface area contributed by atoms with Crippen molar-refractivity contribution < 1.29 is 4.92 Å². The zero-order chi connectivity index (χ0) is 11.5. The number of anilines is 1. The van der Waals surface area contributed by atoms with Gasteiger partial charge in [0.1, 0.15) is 12.0 Å². The van der Waals surface area contributed by atoms with Crippen LogP contribution in [0.5, 0.6) is 0 Å². The van der Waals surface area contributed by atoms with Crippen molar-refractivity contribution in [3.05, 3.63) is 38.7 Å². The normalized spacial score (nSPS) is 10.2. The summed E-state index contributed by atoms with van der Waals surface area (Å²) in [5.41, 5.74) is 5.49. The molecule has 0 atom stereocenters. The molecule has 7 nitrogen and oxygen atoms in total. The van der Waals surface area contributed by atoms with Gasteiger partial charge in [0, 0.05) is 18.0 Å². The number of aromatic nitrogens is 3. The summed E-state index contributed by atoms with van der Waals surface area (Å²) in [4.78, 5) is 21.7. The van der Waals surface area contributed by atoms with Crippen LogP contribution < -0.4 is 5.73 Å². The molecule has 8 heteroatoms. The van der Waals surface area contributed by atoms with Crippen LogP contribution in [0, 0.1) is 10.1 Å². The van der Waals surface area contributed by atoms with Gasteiger partial charge in [0.2, 0.25) is 5.82 Å². The molecule has 0 saturated heterocycles. The minimum atomic E-state index is -0.571. The van der Waals surface area contributed by atoms with Crippen LogP contribution in [0.25, 0.3) is 0 Å². The lowest BCUT2D eigenvalue weighted by molar-refractivity contribution is -0.385. The first-order valence-corrected chi connectivity index (χ1v) is 5.18. The average molecular weight is 237 g/mol. The molecule has 0 amide bonds. The molecule has 0 aromatic carbocycles. The third-order valence-corrected chi connectivity index (χ3v) is 2.69. The average Bonchev–Trinajstić information content (AvgIpc) is 2.70. The first-order chi connectivity index (χ1) is 7.68. The third kappa shape index (κ3) is 1.96. The zero-order valence-electron chi connectivity index (χ0n) is 8.03. The number of thiazole rings is 1. The summed E-state index contributed by atoms with van der Waals surface area (Å²) in [6, 6.07) is 0. The van der Waals surface area contributed by atoms with Gasteiger partial charge in [-0.25, -0.2) is 15.0 Å². The Morgan fingerprint density at radius 1 is 1.44 bits per heavy atom. The van der Waals surface area contributed by atoms with Crippen molar-refractivity contribution in [2.45, 2.75) is 6.42 Å². The molecule has 0 radical (unpaired) electrons. The van der Waals surface area contributed by atoms with Crippen LogP contribution >= 0.6 is 11.3 Å². The Bertz CT molecular complexity index is 513. The van der Waals surface area contributed by atoms with Crippen molar-refractivity contribution in [1.29, 1.82) is 0 Å². The molecule has 2 aromatic rings. The Labute approximate surface area is 94.1 Å². The molecule has 2 N–H and O–H groups in total. The van der Waals surface area contributed by atoms with Gasteiger partial charge in [-0.05, 0) is 0 Å². The number of nitrogens with zero attached hydrogens (tertiary/aromatic N) is 4. The fourth-order valence-electron chi connectivity index (χ4n) is 1.24. The van der Waals surface area contributed by atoms with Crippen molar-refractivity contribution in [3.63, 3.8) is 0 Å². The van der Waals surface area contributed by atoms with E-state index in [4.69, 9.17) is 5.73 Å². The molecular weight excluding hydrogens is 230 g/mol. The second-order valence-electron chi connectivity index (χ2n) is 2.91. The number of rotatable bonds is 3. The predicted octanol–water partition coefficient (Wildman–Crippen LogP) is 1.01. The lowest BCUT2D eigenvalue weighted by Gasteiger charge is -2.00. The first-order valence-electron chi connectivity index (χ1n) is 4.30. The molecule has 0 fully saturated rings. The second kappa shape index (κ2) is 4.19. The Hall–Kier alpha value is -2.09. The first kappa shape index (κ1) is 10.4. The van der Waals surface area contributed by atoms with E-state index >= 15 is 0 Å². The Morgan fingerprint density at radius 3 is 2.88 bits per heavy atom. The van der Waals surface area contributed by atoms with Crippen molar-refractivity contribution in [2.75, 3.05) is 5.73 Å². The minimum Gasteiger partial charge on any atom is -0.378 e. The maximum atomic E-state index is 10.8.